The van der Waals surface area contributed by atoms with E-state index in [1.807, 2.05) is 6.92 Å². The zero-order chi connectivity index (χ0) is 13.8. The van der Waals surface area contributed by atoms with Gasteiger partial charge in [-0.1, -0.05) is 6.92 Å². The molecule has 0 aliphatic heterocycles. The Morgan fingerprint density at radius 1 is 1.26 bits per heavy atom. The van der Waals surface area contributed by atoms with Crippen LogP contribution in [0.25, 0.3) is 0 Å². The van der Waals surface area contributed by atoms with Gasteiger partial charge in [0.1, 0.15) is 5.75 Å². The Labute approximate surface area is 128 Å². The first-order valence-electron chi connectivity index (χ1n) is 5.84. The Morgan fingerprint density at radius 2 is 2.05 bits per heavy atom. The fourth-order valence-corrected chi connectivity index (χ4v) is 2.35. The molecule has 0 aliphatic carbocycles. The predicted octanol–water partition coefficient (Wildman–Crippen LogP) is 4.82. The van der Waals surface area contributed by atoms with Gasteiger partial charge in [-0.3, -0.25) is 4.79 Å². The van der Waals surface area contributed by atoms with Crippen LogP contribution in [-0.2, 0) is 0 Å². The monoisotopic (exact) mass is 386 g/mol. The van der Waals surface area contributed by atoms with Crippen molar-refractivity contribution in [2.75, 3.05) is 6.61 Å². The zero-order valence-corrected chi connectivity index (χ0v) is 13.5. The van der Waals surface area contributed by atoms with Crippen LogP contribution in [-0.4, -0.2) is 12.4 Å². The van der Waals surface area contributed by atoms with E-state index in [1.165, 1.54) is 0 Å². The second-order valence-electron chi connectivity index (χ2n) is 3.93. The van der Waals surface area contributed by atoms with Crippen LogP contribution in [0, 0.1) is 0 Å². The van der Waals surface area contributed by atoms with E-state index in [0.29, 0.717) is 22.6 Å². The summed E-state index contributed by atoms with van der Waals surface area (Å²) in [6, 6.07) is 8.59. The van der Waals surface area contributed by atoms with E-state index in [2.05, 4.69) is 31.9 Å². The summed E-state index contributed by atoms with van der Waals surface area (Å²) in [7, 11) is 0. The first kappa shape index (κ1) is 14.3. The highest BCUT2D eigenvalue weighted by atomic mass is 79.9. The fraction of sp³-hybridized carbons (Fsp3) is 0.214. The van der Waals surface area contributed by atoms with Crippen LogP contribution in [0.2, 0.25) is 0 Å². The minimum atomic E-state index is -0.159. The van der Waals surface area contributed by atoms with Gasteiger partial charge in [0.05, 0.1) is 11.1 Å². The van der Waals surface area contributed by atoms with E-state index in [-0.39, 0.29) is 5.78 Å². The summed E-state index contributed by atoms with van der Waals surface area (Å²) in [4.78, 5) is 12.2. The largest absolute Gasteiger partial charge is 0.492 e. The molecule has 0 saturated heterocycles. The zero-order valence-electron chi connectivity index (χ0n) is 10.3. The summed E-state index contributed by atoms with van der Waals surface area (Å²) in [5.41, 5.74) is 0.553. The van der Waals surface area contributed by atoms with Crippen LogP contribution in [0.5, 0.6) is 5.75 Å². The van der Waals surface area contributed by atoms with E-state index in [0.717, 1.165) is 16.6 Å². The molecule has 2 rings (SSSR count). The lowest BCUT2D eigenvalue weighted by Crippen LogP contribution is -2.01. The Balaban J connectivity index is 2.22. The van der Waals surface area contributed by atoms with E-state index in [4.69, 9.17) is 9.15 Å². The molecule has 0 saturated carbocycles. The highest BCUT2D eigenvalue weighted by Gasteiger charge is 2.14. The van der Waals surface area contributed by atoms with Gasteiger partial charge in [-0.15, -0.1) is 0 Å². The number of rotatable bonds is 5. The van der Waals surface area contributed by atoms with Crippen molar-refractivity contribution in [1.29, 1.82) is 0 Å². The number of hydrogen-bond acceptors (Lipinski definition) is 3. The lowest BCUT2D eigenvalue weighted by Gasteiger charge is -2.07. The summed E-state index contributed by atoms with van der Waals surface area (Å²) >= 11 is 6.59. The lowest BCUT2D eigenvalue weighted by molar-refractivity contribution is 0.101. The quantitative estimate of drug-likeness (QED) is 0.690. The van der Waals surface area contributed by atoms with Gasteiger partial charge in [0.25, 0.3) is 0 Å². The third-order valence-corrected chi connectivity index (χ3v) is 3.50. The van der Waals surface area contributed by atoms with Gasteiger partial charge in [0, 0.05) is 5.56 Å². The minimum absolute atomic E-state index is 0.159. The number of carbonyl (C=O) groups is 1. The molecular formula is C14H12Br2O3. The second-order valence-corrected chi connectivity index (χ2v) is 5.56. The van der Waals surface area contributed by atoms with Gasteiger partial charge in [0.2, 0.25) is 5.78 Å². The van der Waals surface area contributed by atoms with Crippen LogP contribution >= 0.6 is 31.9 Å². The van der Waals surface area contributed by atoms with Gasteiger partial charge >= 0.3 is 0 Å². The van der Waals surface area contributed by atoms with E-state index >= 15 is 0 Å². The van der Waals surface area contributed by atoms with Gasteiger partial charge in [-0.25, -0.2) is 0 Å². The van der Waals surface area contributed by atoms with Crippen molar-refractivity contribution >= 4 is 37.6 Å². The van der Waals surface area contributed by atoms with E-state index < -0.39 is 0 Å². The summed E-state index contributed by atoms with van der Waals surface area (Å²) in [6.45, 7) is 2.69. The van der Waals surface area contributed by atoms with E-state index in [9.17, 15) is 4.79 Å². The van der Waals surface area contributed by atoms with Crippen LogP contribution in [0.3, 0.4) is 0 Å². The van der Waals surface area contributed by atoms with Crippen LogP contribution < -0.4 is 4.74 Å². The van der Waals surface area contributed by atoms with Crippen molar-refractivity contribution < 1.29 is 13.9 Å². The molecule has 0 radical (unpaired) electrons. The smallest absolute Gasteiger partial charge is 0.228 e. The van der Waals surface area contributed by atoms with Crippen molar-refractivity contribution in [2.24, 2.45) is 0 Å². The highest BCUT2D eigenvalue weighted by molar-refractivity contribution is 9.10. The number of halogens is 2. The lowest BCUT2D eigenvalue weighted by atomic mass is 10.1. The molecule has 1 aromatic heterocycles. The number of ketones is 1. The van der Waals surface area contributed by atoms with Gasteiger partial charge in [-0.2, -0.15) is 0 Å². The molecule has 2 aromatic rings. The molecule has 0 aliphatic rings. The summed E-state index contributed by atoms with van der Waals surface area (Å²) in [5, 5.41) is 0. The van der Waals surface area contributed by atoms with E-state index in [1.54, 1.807) is 30.3 Å². The average Bonchev–Trinajstić information content (AvgIpc) is 2.83. The molecule has 19 heavy (non-hydrogen) atoms. The molecule has 0 bridgehead atoms. The summed E-state index contributed by atoms with van der Waals surface area (Å²) in [6.07, 6.45) is 0.938. The Kier molecular flexibility index (Phi) is 4.82. The SMILES string of the molecule is CCCOc1ccc(C(=O)c2ccc(Br)o2)cc1Br. The van der Waals surface area contributed by atoms with Crippen molar-refractivity contribution in [1.82, 2.24) is 0 Å². The third-order valence-electron chi connectivity index (χ3n) is 2.45. The molecule has 0 N–H and O–H groups in total. The van der Waals surface area contributed by atoms with Gasteiger partial charge < -0.3 is 9.15 Å². The molecule has 0 spiro atoms. The van der Waals surface area contributed by atoms with Crippen LogP contribution in [0.15, 0.2) is 43.9 Å². The van der Waals surface area contributed by atoms with Crippen molar-refractivity contribution in [2.45, 2.75) is 13.3 Å². The standard InChI is InChI=1S/C14H12Br2O3/c1-2-7-18-11-4-3-9(8-10(11)15)14(17)12-5-6-13(16)19-12/h3-6,8H,2,7H2,1H3. The Bertz CT molecular complexity index is 590. The first-order chi connectivity index (χ1) is 9.11. The van der Waals surface area contributed by atoms with Crippen LogP contribution in [0.1, 0.15) is 29.5 Å². The molecule has 100 valence electrons. The van der Waals surface area contributed by atoms with Crippen LogP contribution in [0.4, 0.5) is 0 Å². The maximum Gasteiger partial charge on any atom is 0.228 e. The van der Waals surface area contributed by atoms with Gasteiger partial charge in [0.15, 0.2) is 10.4 Å². The summed E-state index contributed by atoms with van der Waals surface area (Å²) < 4.78 is 12.1. The molecule has 5 heteroatoms. The molecule has 1 heterocycles. The maximum atomic E-state index is 12.2. The van der Waals surface area contributed by atoms with Crippen molar-refractivity contribution in [3.8, 4) is 5.75 Å². The first-order valence-corrected chi connectivity index (χ1v) is 7.42. The molecule has 0 amide bonds. The van der Waals surface area contributed by atoms with Gasteiger partial charge in [-0.05, 0) is 68.6 Å². The van der Waals surface area contributed by atoms with Crippen molar-refractivity contribution in [3.05, 3.63) is 50.8 Å². The third kappa shape index (κ3) is 3.48. The van der Waals surface area contributed by atoms with Crippen molar-refractivity contribution in [3.63, 3.8) is 0 Å². The molecule has 0 fully saturated rings. The number of carbonyl (C=O) groups excluding carboxylic acids is 1. The predicted molar refractivity (Wildman–Crippen MR) is 79.8 cm³/mol. The molecule has 3 nitrogen and oxygen atoms in total. The number of ether oxygens (including phenoxy) is 1. The molecular weight excluding hydrogens is 376 g/mol. The highest BCUT2D eigenvalue weighted by Crippen LogP contribution is 2.27. The maximum absolute atomic E-state index is 12.2. The fourth-order valence-electron chi connectivity index (χ4n) is 1.55. The topological polar surface area (TPSA) is 39.4 Å². The number of furan rings is 1. The number of benzene rings is 1. The summed E-state index contributed by atoms with van der Waals surface area (Å²) in [5.74, 6) is 0.883. The Morgan fingerprint density at radius 3 is 2.63 bits per heavy atom. The normalized spacial score (nSPS) is 10.5. The Hall–Kier alpha value is -1.07. The minimum Gasteiger partial charge on any atom is -0.492 e. The molecule has 1 aromatic carbocycles. The number of hydrogen-bond donors (Lipinski definition) is 0. The average molecular weight is 388 g/mol. The second kappa shape index (κ2) is 6.39. The molecule has 0 unspecified atom stereocenters. The molecule has 0 atom stereocenters.